The summed E-state index contributed by atoms with van der Waals surface area (Å²) >= 11 is 0. The van der Waals surface area contributed by atoms with Crippen molar-refractivity contribution in [3.63, 3.8) is 0 Å². The van der Waals surface area contributed by atoms with E-state index < -0.39 is 0 Å². The van der Waals surface area contributed by atoms with Crippen molar-refractivity contribution >= 4 is 16.9 Å². The van der Waals surface area contributed by atoms with Gasteiger partial charge in [-0.25, -0.2) is 4.79 Å². The van der Waals surface area contributed by atoms with E-state index in [9.17, 15) is 9.59 Å². The molecule has 1 N–H and O–H groups in total. The van der Waals surface area contributed by atoms with Crippen LogP contribution < -0.4 is 11.2 Å². The summed E-state index contributed by atoms with van der Waals surface area (Å²) in [5, 5.41) is 0. The Morgan fingerprint density at radius 1 is 1.12 bits per heavy atom. The maximum absolute atomic E-state index is 13.0. The largest absolute Gasteiger partial charge is 0.332 e. The Hall–Kier alpha value is -3.09. The van der Waals surface area contributed by atoms with Gasteiger partial charge in [0.15, 0.2) is 11.2 Å². The molecule has 4 aromatic rings. The van der Waals surface area contributed by atoms with Crippen LogP contribution in [0.3, 0.4) is 0 Å². The van der Waals surface area contributed by atoms with Gasteiger partial charge in [0.2, 0.25) is 5.78 Å². The van der Waals surface area contributed by atoms with Crippen LogP contribution in [0.25, 0.3) is 16.9 Å². The van der Waals surface area contributed by atoms with Gasteiger partial charge in [-0.3, -0.25) is 18.3 Å². The number of nitrogens with one attached hydrogen (secondary N) is 1. The Bertz CT molecular complexity index is 1190. The van der Waals surface area contributed by atoms with Gasteiger partial charge < -0.3 is 4.98 Å². The number of hydrogen-bond donors (Lipinski definition) is 1. The van der Waals surface area contributed by atoms with Crippen LogP contribution >= 0.6 is 0 Å². The molecular formula is C17H17N5O2. The number of H-pyrrole nitrogens is 1. The van der Waals surface area contributed by atoms with Gasteiger partial charge in [-0.2, -0.15) is 4.98 Å². The highest BCUT2D eigenvalue weighted by atomic mass is 16.2. The number of fused-ring (bicyclic) bond motifs is 3. The third-order valence-electron chi connectivity index (χ3n) is 4.50. The fourth-order valence-electron chi connectivity index (χ4n) is 3.06. The number of aryl methyl sites for hydroxylation is 3. The van der Waals surface area contributed by atoms with Crippen molar-refractivity contribution in [2.75, 3.05) is 0 Å². The van der Waals surface area contributed by atoms with Crippen LogP contribution in [-0.4, -0.2) is 23.5 Å². The lowest BCUT2D eigenvalue weighted by Gasteiger charge is -2.08. The lowest BCUT2D eigenvalue weighted by atomic mass is 10.2. The minimum atomic E-state index is -0.369. The van der Waals surface area contributed by atoms with Crippen LogP contribution in [0.2, 0.25) is 0 Å². The molecule has 0 atom stereocenters. The number of hydrogen-bond acceptors (Lipinski definition) is 3. The predicted molar refractivity (Wildman–Crippen MR) is 91.6 cm³/mol. The van der Waals surface area contributed by atoms with Gasteiger partial charge in [-0.1, -0.05) is 30.3 Å². The topological polar surface area (TPSA) is 77.1 Å². The number of imidazole rings is 2. The summed E-state index contributed by atoms with van der Waals surface area (Å²) in [6, 6.07) is 9.47. The lowest BCUT2D eigenvalue weighted by Crippen LogP contribution is -2.39. The van der Waals surface area contributed by atoms with Gasteiger partial charge in [0.05, 0.1) is 6.54 Å². The molecule has 0 amide bonds. The average Bonchev–Trinajstić information content (AvgIpc) is 3.08. The molecule has 0 saturated heterocycles. The van der Waals surface area contributed by atoms with E-state index in [1.807, 2.05) is 44.2 Å². The molecular weight excluding hydrogens is 306 g/mol. The average molecular weight is 323 g/mol. The smallest absolute Gasteiger partial charge is 0.327 e. The third-order valence-corrected chi connectivity index (χ3v) is 4.50. The molecule has 0 spiro atoms. The molecule has 3 heterocycles. The molecule has 0 aliphatic rings. The SMILES string of the molecule is Cc1[nH]c2nc3c(c(=O)n(Cc4ccccc4)c(=O)n3C)n2c1C. The molecule has 4 rings (SSSR count). The van der Waals surface area contributed by atoms with E-state index >= 15 is 0 Å². The molecule has 0 fully saturated rings. The highest BCUT2D eigenvalue weighted by Crippen LogP contribution is 2.16. The van der Waals surface area contributed by atoms with Crippen LogP contribution in [0.4, 0.5) is 0 Å². The second-order valence-corrected chi connectivity index (χ2v) is 6.00. The molecule has 7 nitrogen and oxygen atoms in total. The number of aromatic nitrogens is 5. The van der Waals surface area contributed by atoms with Crippen LogP contribution in [0.15, 0.2) is 39.9 Å². The molecule has 0 unspecified atom stereocenters. The number of aromatic amines is 1. The van der Waals surface area contributed by atoms with Gasteiger partial charge in [-0.05, 0) is 19.4 Å². The predicted octanol–water partition coefficient (Wildman–Crippen LogP) is 1.34. The van der Waals surface area contributed by atoms with Crippen molar-refractivity contribution in [3.05, 3.63) is 68.1 Å². The number of benzene rings is 1. The van der Waals surface area contributed by atoms with Crippen LogP contribution in [-0.2, 0) is 13.6 Å². The summed E-state index contributed by atoms with van der Waals surface area (Å²) in [7, 11) is 1.64. The first kappa shape index (κ1) is 14.5. The van der Waals surface area contributed by atoms with Crippen LogP contribution in [0.1, 0.15) is 17.0 Å². The Morgan fingerprint density at radius 3 is 2.54 bits per heavy atom. The molecule has 0 aliphatic heterocycles. The van der Waals surface area contributed by atoms with Crippen molar-refractivity contribution < 1.29 is 0 Å². The number of nitrogens with zero attached hydrogens (tertiary/aromatic N) is 4. The second kappa shape index (κ2) is 4.95. The zero-order chi connectivity index (χ0) is 17.0. The van der Waals surface area contributed by atoms with E-state index in [2.05, 4.69) is 9.97 Å². The maximum atomic E-state index is 13.0. The highest BCUT2D eigenvalue weighted by Gasteiger charge is 2.19. The van der Waals surface area contributed by atoms with E-state index in [1.54, 1.807) is 11.4 Å². The fraction of sp³-hybridized carbons (Fsp3) is 0.235. The Balaban J connectivity index is 2.09. The zero-order valence-corrected chi connectivity index (χ0v) is 13.7. The summed E-state index contributed by atoms with van der Waals surface area (Å²) in [5.41, 5.74) is 2.88. The number of rotatable bonds is 2. The van der Waals surface area contributed by atoms with Gasteiger partial charge >= 0.3 is 5.69 Å². The third kappa shape index (κ3) is 1.87. The van der Waals surface area contributed by atoms with Gasteiger partial charge in [-0.15, -0.1) is 0 Å². The first-order valence-electron chi connectivity index (χ1n) is 7.70. The molecule has 24 heavy (non-hydrogen) atoms. The van der Waals surface area contributed by atoms with Crippen molar-refractivity contribution in [2.45, 2.75) is 20.4 Å². The molecule has 122 valence electrons. The quantitative estimate of drug-likeness (QED) is 0.605. The van der Waals surface area contributed by atoms with E-state index in [4.69, 9.17) is 0 Å². The fourth-order valence-corrected chi connectivity index (χ4v) is 3.06. The first-order valence-corrected chi connectivity index (χ1v) is 7.70. The summed E-state index contributed by atoms with van der Waals surface area (Å²) < 4.78 is 4.47. The summed E-state index contributed by atoms with van der Waals surface area (Å²) in [6.07, 6.45) is 0. The van der Waals surface area contributed by atoms with E-state index in [-0.39, 0.29) is 17.8 Å². The van der Waals surface area contributed by atoms with Crippen LogP contribution in [0.5, 0.6) is 0 Å². The maximum Gasteiger partial charge on any atom is 0.332 e. The Morgan fingerprint density at radius 2 is 1.83 bits per heavy atom. The Labute approximate surface area is 136 Å². The lowest BCUT2D eigenvalue weighted by molar-refractivity contribution is 0.656. The van der Waals surface area contributed by atoms with E-state index in [1.165, 1.54) is 9.13 Å². The minimum Gasteiger partial charge on any atom is -0.327 e. The molecule has 0 radical (unpaired) electrons. The van der Waals surface area contributed by atoms with Crippen molar-refractivity contribution in [3.8, 4) is 0 Å². The van der Waals surface area contributed by atoms with Gasteiger partial charge in [0, 0.05) is 18.4 Å². The first-order chi connectivity index (χ1) is 11.5. The molecule has 0 saturated carbocycles. The van der Waals surface area contributed by atoms with E-state index in [0.29, 0.717) is 16.9 Å². The molecule has 0 aliphatic carbocycles. The van der Waals surface area contributed by atoms with Crippen molar-refractivity contribution in [1.29, 1.82) is 0 Å². The second-order valence-electron chi connectivity index (χ2n) is 6.00. The summed E-state index contributed by atoms with van der Waals surface area (Å²) in [4.78, 5) is 33.2. The van der Waals surface area contributed by atoms with Crippen molar-refractivity contribution in [2.24, 2.45) is 7.05 Å². The summed E-state index contributed by atoms with van der Waals surface area (Å²) in [6.45, 7) is 4.09. The van der Waals surface area contributed by atoms with Gasteiger partial charge in [0.1, 0.15) is 0 Å². The highest BCUT2D eigenvalue weighted by molar-refractivity contribution is 5.76. The molecule has 3 aromatic heterocycles. The summed E-state index contributed by atoms with van der Waals surface area (Å²) in [5.74, 6) is 0.574. The van der Waals surface area contributed by atoms with Crippen LogP contribution in [0, 0.1) is 13.8 Å². The van der Waals surface area contributed by atoms with Crippen molar-refractivity contribution in [1.82, 2.24) is 23.5 Å². The Kier molecular flexibility index (Phi) is 2.99. The van der Waals surface area contributed by atoms with Gasteiger partial charge in [0.25, 0.3) is 5.56 Å². The monoisotopic (exact) mass is 323 g/mol. The normalized spacial score (nSPS) is 11.6. The van der Waals surface area contributed by atoms with E-state index in [0.717, 1.165) is 17.0 Å². The zero-order valence-electron chi connectivity index (χ0n) is 13.7. The molecule has 7 heteroatoms. The molecule has 0 bridgehead atoms. The standard InChI is InChI=1S/C17H17N5O2/c1-10-11(2)22-13-14(19-16(22)18-10)20(3)17(24)21(15(13)23)9-12-7-5-4-6-8-12/h4-8H,9H2,1-3H3,(H,18,19). The minimum absolute atomic E-state index is 0.234. The molecule has 1 aromatic carbocycles.